The van der Waals surface area contributed by atoms with Gasteiger partial charge in [-0.2, -0.15) is 0 Å². The maximum atomic E-state index is 12.2. The van der Waals surface area contributed by atoms with Crippen molar-refractivity contribution in [3.8, 4) is 11.5 Å². The van der Waals surface area contributed by atoms with Crippen molar-refractivity contribution in [1.82, 2.24) is 4.72 Å². The fourth-order valence-electron chi connectivity index (χ4n) is 2.32. The monoisotopic (exact) mass is 419 g/mol. The van der Waals surface area contributed by atoms with Crippen LogP contribution in [0, 0.1) is 0 Å². The number of benzene rings is 2. The molecule has 0 heterocycles. The van der Waals surface area contributed by atoms with E-state index in [9.17, 15) is 18.0 Å². The summed E-state index contributed by atoms with van der Waals surface area (Å²) in [6, 6.07) is 10.6. The van der Waals surface area contributed by atoms with Gasteiger partial charge in [0.1, 0.15) is 0 Å². The molecule has 0 fully saturated rings. The molecule has 0 aromatic heterocycles. The van der Waals surface area contributed by atoms with Gasteiger partial charge in [0, 0.05) is 11.6 Å². The first kappa shape index (κ1) is 22.1. The molecule has 9 heteroatoms. The summed E-state index contributed by atoms with van der Waals surface area (Å²) < 4.78 is 40.8. The second-order valence-corrected chi connectivity index (χ2v) is 7.60. The predicted octanol–water partition coefficient (Wildman–Crippen LogP) is 2.05. The van der Waals surface area contributed by atoms with E-state index in [2.05, 4.69) is 4.72 Å². The molecule has 2 aromatic rings. The second kappa shape index (κ2) is 9.85. The topological polar surface area (TPSA) is 108 Å². The highest BCUT2D eigenvalue weighted by Gasteiger charge is 2.13. The van der Waals surface area contributed by atoms with Crippen molar-refractivity contribution in [2.45, 2.75) is 4.90 Å². The summed E-state index contributed by atoms with van der Waals surface area (Å²) in [6.45, 7) is -0.433. The molecule has 2 aromatic carbocycles. The minimum absolute atomic E-state index is 0.111. The number of nitrogens with one attached hydrogen (secondary N) is 1. The molecule has 1 N–H and O–H groups in total. The lowest BCUT2D eigenvalue weighted by molar-refractivity contribution is -0.136. The Balaban J connectivity index is 1.95. The van der Waals surface area contributed by atoms with Crippen molar-refractivity contribution in [2.24, 2.45) is 0 Å². The molecule has 0 saturated carbocycles. The van der Waals surface area contributed by atoms with E-state index in [1.165, 1.54) is 45.5 Å². The van der Waals surface area contributed by atoms with E-state index in [0.717, 1.165) is 6.08 Å². The minimum Gasteiger partial charge on any atom is -0.493 e. The maximum absolute atomic E-state index is 12.2. The Bertz CT molecular complexity index is 1010. The van der Waals surface area contributed by atoms with E-state index < -0.39 is 28.4 Å². The van der Waals surface area contributed by atoms with Crippen LogP contribution in [0.25, 0.3) is 6.08 Å². The van der Waals surface area contributed by atoms with Crippen LogP contribution in [-0.4, -0.2) is 48.0 Å². The summed E-state index contributed by atoms with van der Waals surface area (Å²) in [5.74, 6) is -0.217. The van der Waals surface area contributed by atoms with Crippen LogP contribution in [0.3, 0.4) is 0 Å². The van der Waals surface area contributed by atoms with Gasteiger partial charge >= 0.3 is 5.97 Å². The van der Waals surface area contributed by atoms with Crippen LogP contribution in [0.1, 0.15) is 15.9 Å². The molecule has 0 aliphatic heterocycles. The van der Waals surface area contributed by atoms with Crippen molar-refractivity contribution in [3.63, 3.8) is 0 Å². The third kappa shape index (κ3) is 5.90. The predicted molar refractivity (Wildman–Crippen MR) is 107 cm³/mol. The number of methoxy groups -OCH3 is 2. The molecule has 154 valence electrons. The number of esters is 1. The first-order chi connectivity index (χ1) is 13.8. The standard InChI is InChI=1S/C20H21NO7S/c1-21-29(24,25)16-8-4-14(5-9-16)6-11-20(23)28-13-17(22)15-7-10-18(26-2)19(12-15)27-3/h4-12,21H,13H2,1-3H3/b11-6+. The molecule has 0 aliphatic carbocycles. The van der Waals surface area contributed by atoms with Crippen LogP contribution < -0.4 is 14.2 Å². The van der Waals surface area contributed by atoms with Crippen LogP contribution in [0.4, 0.5) is 0 Å². The number of Topliss-reactive ketones (excluding diaryl/α,β-unsaturated/α-hetero) is 1. The SMILES string of the molecule is CNS(=O)(=O)c1ccc(/C=C/C(=O)OCC(=O)c2ccc(OC)c(OC)c2)cc1. The quantitative estimate of drug-likeness (QED) is 0.376. The van der Waals surface area contributed by atoms with Gasteiger partial charge in [0.15, 0.2) is 23.9 Å². The Morgan fingerprint density at radius 3 is 2.24 bits per heavy atom. The summed E-state index contributed by atoms with van der Waals surface area (Å²) >= 11 is 0. The van der Waals surface area contributed by atoms with Crippen LogP contribution in [-0.2, 0) is 19.6 Å². The largest absolute Gasteiger partial charge is 0.493 e. The molecule has 0 radical (unpaired) electrons. The van der Waals surface area contributed by atoms with Crippen molar-refractivity contribution < 1.29 is 32.2 Å². The molecule has 0 spiro atoms. The molecule has 8 nitrogen and oxygen atoms in total. The summed E-state index contributed by atoms with van der Waals surface area (Å²) in [4.78, 5) is 24.1. The molecule has 2 rings (SSSR count). The van der Waals surface area contributed by atoms with Gasteiger partial charge in [0.05, 0.1) is 19.1 Å². The van der Waals surface area contributed by atoms with E-state index in [-0.39, 0.29) is 4.90 Å². The summed E-state index contributed by atoms with van der Waals surface area (Å²) in [7, 11) is 0.744. The first-order valence-electron chi connectivity index (χ1n) is 8.44. The number of ketones is 1. The number of carbonyl (C=O) groups excluding carboxylic acids is 2. The molecular formula is C20H21NO7S. The molecule has 0 atom stereocenters. The lowest BCUT2D eigenvalue weighted by Crippen LogP contribution is -2.18. The lowest BCUT2D eigenvalue weighted by atomic mass is 10.1. The van der Waals surface area contributed by atoms with E-state index in [0.29, 0.717) is 22.6 Å². The van der Waals surface area contributed by atoms with Crippen molar-refractivity contribution >= 4 is 27.9 Å². The molecule has 29 heavy (non-hydrogen) atoms. The van der Waals surface area contributed by atoms with Crippen LogP contribution >= 0.6 is 0 Å². The van der Waals surface area contributed by atoms with Crippen LogP contribution in [0.2, 0.25) is 0 Å². The second-order valence-electron chi connectivity index (χ2n) is 5.71. The highest BCUT2D eigenvalue weighted by Crippen LogP contribution is 2.27. The number of sulfonamides is 1. The average Bonchev–Trinajstić information content (AvgIpc) is 2.75. The van der Waals surface area contributed by atoms with Gasteiger partial charge in [-0.25, -0.2) is 17.9 Å². The van der Waals surface area contributed by atoms with Crippen LogP contribution in [0.15, 0.2) is 53.4 Å². The Kier molecular flexibility index (Phi) is 7.52. The van der Waals surface area contributed by atoms with E-state index in [4.69, 9.17) is 14.2 Å². The fourth-order valence-corrected chi connectivity index (χ4v) is 3.05. The van der Waals surface area contributed by atoms with E-state index in [1.54, 1.807) is 24.3 Å². The number of carbonyl (C=O) groups is 2. The molecule has 0 unspecified atom stereocenters. The molecule has 0 amide bonds. The van der Waals surface area contributed by atoms with Crippen molar-refractivity contribution in [3.05, 3.63) is 59.7 Å². The third-order valence-corrected chi connectivity index (χ3v) is 5.35. The van der Waals surface area contributed by atoms with Gasteiger partial charge in [-0.1, -0.05) is 12.1 Å². The zero-order valence-electron chi connectivity index (χ0n) is 16.2. The molecular weight excluding hydrogens is 398 g/mol. The molecule has 0 bridgehead atoms. The Morgan fingerprint density at radius 2 is 1.66 bits per heavy atom. The fraction of sp³-hybridized carbons (Fsp3) is 0.200. The zero-order chi connectivity index (χ0) is 21.4. The van der Waals surface area contributed by atoms with Gasteiger partial charge in [-0.05, 0) is 49.0 Å². The Hall–Kier alpha value is -3.17. The van der Waals surface area contributed by atoms with Gasteiger partial charge in [-0.15, -0.1) is 0 Å². The summed E-state index contributed by atoms with van der Waals surface area (Å²) in [5.41, 5.74) is 0.920. The molecule has 0 saturated heterocycles. The number of hydrogen-bond acceptors (Lipinski definition) is 7. The van der Waals surface area contributed by atoms with E-state index in [1.807, 2.05) is 0 Å². The number of ether oxygens (including phenoxy) is 3. The Morgan fingerprint density at radius 1 is 1.00 bits per heavy atom. The first-order valence-corrected chi connectivity index (χ1v) is 9.92. The number of rotatable bonds is 9. The van der Waals surface area contributed by atoms with Gasteiger partial charge in [0.25, 0.3) is 0 Å². The highest BCUT2D eigenvalue weighted by molar-refractivity contribution is 7.89. The summed E-state index contributed by atoms with van der Waals surface area (Å²) in [5, 5.41) is 0. The third-order valence-electron chi connectivity index (χ3n) is 3.92. The zero-order valence-corrected chi connectivity index (χ0v) is 17.0. The van der Waals surface area contributed by atoms with Crippen molar-refractivity contribution in [2.75, 3.05) is 27.9 Å². The lowest BCUT2D eigenvalue weighted by Gasteiger charge is -2.09. The normalized spacial score (nSPS) is 11.3. The number of hydrogen-bond donors (Lipinski definition) is 1. The van der Waals surface area contributed by atoms with Crippen LogP contribution in [0.5, 0.6) is 11.5 Å². The van der Waals surface area contributed by atoms with Gasteiger partial charge < -0.3 is 14.2 Å². The summed E-state index contributed by atoms with van der Waals surface area (Å²) in [6.07, 6.45) is 2.61. The molecule has 0 aliphatic rings. The smallest absolute Gasteiger partial charge is 0.331 e. The minimum atomic E-state index is -3.52. The van der Waals surface area contributed by atoms with Gasteiger partial charge in [-0.3, -0.25) is 4.79 Å². The Labute approximate surface area is 169 Å². The van der Waals surface area contributed by atoms with Gasteiger partial charge in [0.2, 0.25) is 10.0 Å². The average molecular weight is 419 g/mol. The van der Waals surface area contributed by atoms with Crippen molar-refractivity contribution in [1.29, 1.82) is 0 Å². The van der Waals surface area contributed by atoms with E-state index >= 15 is 0 Å². The maximum Gasteiger partial charge on any atom is 0.331 e. The highest BCUT2D eigenvalue weighted by atomic mass is 32.2.